The van der Waals surface area contributed by atoms with Crippen LogP contribution in [-0.4, -0.2) is 41.0 Å². The molecule has 2 amide bonds. The minimum Gasteiger partial charge on any atom is -0.443 e. The summed E-state index contributed by atoms with van der Waals surface area (Å²) in [5.74, 6) is 0.112. The van der Waals surface area contributed by atoms with Crippen molar-refractivity contribution in [3.8, 4) is 0 Å². The van der Waals surface area contributed by atoms with E-state index in [0.717, 1.165) is 18.4 Å². The van der Waals surface area contributed by atoms with Gasteiger partial charge < -0.3 is 14.2 Å². The molecule has 1 saturated carbocycles. The molecule has 162 valence electrons. The molecule has 0 aliphatic heterocycles. The van der Waals surface area contributed by atoms with Gasteiger partial charge in [0, 0.05) is 5.92 Å². The van der Waals surface area contributed by atoms with Crippen molar-refractivity contribution in [3.05, 3.63) is 35.9 Å². The van der Waals surface area contributed by atoms with Gasteiger partial charge in [-0.3, -0.25) is 0 Å². The topological polar surface area (TPSA) is 77.1 Å². The van der Waals surface area contributed by atoms with Gasteiger partial charge in [0.2, 0.25) is 0 Å². The van der Waals surface area contributed by atoms with E-state index < -0.39 is 23.4 Å². The molecule has 7 nitrogen and oxygen atoms in total. The molecule has 0 radical (unpaired) electrons. The fourth-order valence-electron chi connectivity index (χ4n) is 2.96. The molecule has 0 bridgehead atoms. The Hall–Kier alpha value is -2.28. The van der Waals surface area contributed by atoms with Gasteiger partial charge in [-0.1, -0.05) is 30.3 Å². The first kappa shape index (κ1) is 23.0. The normalized spacial score (nSPS) is 19.1. The molecular formula is C22H34N2O5. The summed E-state index contributed by atoms with van der Waals surface area (Å²) in [5.41, 5.74) is 2.34. The van der Waals surface area contributed by atoms with Crippen molar-refractivity contribution in [2.24, 2.45) is 5.92 Å². The van der Waals surface area contributed by atoms with E-state index in [2.05, 4.69) is 5.43 Å². The van der Waals surface area contributed by atoms with Crippen LogP contribution in [0.2, 0.25) is 0 Å². The van der Waals surface area contributed by atoms with Crippen LogP contribution < -0.4 is 5.43 Å². The number of hydrogen-bond donors (Lipinski definition) is 1. The molecule has 1 aromatic rings. The van der Waals surface area contributed by atoms with E-state index in [1.54, 1.807) is 41.5 Å². The fourth-order valence-corrected chi connectivity index (χ4v) is 2.96. The van der Waals surface area contributed by atoms with Crippen molar-refractivity contribution in [2.45, 2.75) is 78.2 Å². The molecule has 0 spiro atoms. The Labute approximate surface area is 173 Å². The third kappa shape index (κ3) is 7.93. The Morgan fingerprint density at radius 2 is 1.62 bits per heavy atom. The van der Waals surface area contributed by atoms with Gasteiger partial charge in [0.25, 0.3) is 0 Å². The second-order valence-corrected chi connectivity index (χ2v) is 9.37. The first-order chi connectivity index (χ1) is 13.4. The zero-order chi connectivity index (χ0) is 21.7. The molecule has 7 heteroatoms. The van der Waals surface area contributed by atoms with Crippen LogP contribution in [0.15, 0.2) is 30.3 Å². The standard InChI is InChI=1S/C22H34N2O5/c1-21(2,3)28-19(25)23-24(20(26)29-22(4,5)6)18-13-12-17(18)15-27-14-16-10-8-7-9-11-16/h7-11,17-18H,12-15H2,1-6H3,(H,23,25). The van der Waals surface area contributed by atoms with Gasteiger partial charge in [-0.2, -0.15) is 0 Å². The van der Waals surface area contributed by atoms with E-state index in [1.807, 2.05) is 30.3 Å². The van der Waals surface area contributed by atoms with Gasteiger partial charge in [-0.25, -0.2) is 20.0 Å². The lowest BCUT2D eigenvalue weighted by Crippen LogP contribution is -2.60. The van der Waals surface area contributed by atoms with E-state index in [-0.39, 0.29) is 12.0 Å². The molecule has 1 aliphatic carbocycles. The van der Waals surface area contributed by atoms with Crippen LogP contribution in [0.25, 0.3) is 0 Å². The number of hydrogen-bond acceptors (Lipinski definition) is 5. The average Bonchev–Trinajstić information content (AvgIpc) is 2.54. The van der Waals surface area contributed by atoms with Crippen molar-refractivity contribution >= 4 is 12.2 Å². The summed E-state index contributed by atoms with van der Waals surface area (Å²) in [4.78, 5) is 25.0. The summed E-state index contributed by atoms with van der Waals surface area (Å²) < 4.78 is 16.6. The quantitative estimate of drug-likeness (QED) is 0.720. The third-order valence-corrected chi connectivity index (χ3v) is 4.35. The van der Waals surface area contributed by atoms with Crippen molar-refractivity contribution in [3.63, 3.8) is 0 Å². The largest absolute Gasteiger partial charge is 0.443 e. The maximum atomic E-state index is 12.7. The Morgan fingerprint density at radius 3 is 2.14 bits per heavy atom. The van der Waals surface area contributed by atoms with Crippen molar-refractivity contribution in [1.29, 1.82) is 0 Å². The monoisotopic (exact) mass is 406 g/mol. The Balaban J connectivity index is 1.98. The molecule has 1 fully saturated rings. The van der Waals surface area contributed by atoms with E-state index in [4.69, 9.17) is 14.2 Å². The molecular weight excluding hydrogens is 372 g/mol. The van der Waals surface area contributed by atoms with E-state index in [1.165, 1.54) is 5.01 Å². The highest BCUT2D eigenvalue weighted by molar-refractivity contribution is 5.74. The number of carbonyl (C=O) groups excluding carboxylic acids is 2. The van der Waals surface area contributed by atoms with E-state index in [0.29, 0.717) is 13.2 Å². The lowest BCUT2D eigenvalue weighted by Gasteiger charge is -2.43. The molecule has 1 N–H and O–H groups in total. The van der Waals surface area contributed by atoms with Crippen LogP contribution in [0.5, 0.6) is 0 Å². The predicted molar refractivity (Wildman–Crippen MR) is 110 cm³/mol. The lowest BCUT2D eigenvalue weighted by molar-refractivity contribution is -0.0515. The lowest BCUT2D eigenvalue weighted by atomic mass is 9.80. The molecule has 2 unspecified atom stereocenters. The minimum absolute atomic E-state index is 0.112. The fraction of sp³-hybridized carbons (Fsp3) is 0.636. The molecule has 29 heavy (non-hydrogen) atoms. The molecule has 0 saturated heterocycles. The predicted octanol–water partition coefficient (Wildman–Crippen LogP) is 4.66. The van der Waals surface area contributed by atoms with Crippen LogP contribution in [0.1, 0.15) is 59.9 Å². The Bertz CT molecular complexity index is 679. The number of nitrogens with one attached hydrogen (secondary N) is 1. The van der Waals surface area contributed by atoms with Gasteiger partial charge in [0.15, 0.2) is 0 Å². The second kappa shape index (κ2) is 9.48. The molecule has 0 aromatic heterocycles. The molecule has 1 aliphatic rings. The number of benzene rings is 1. The minimum atomic E-state index is -0.681. The first-order valence-electron chi connectivity index (χ1n) is 10.1. The number of carbonyl (C=O) groups is 2. The van der Waals surface area contributed by atoms with Gasteiger partial charge in [-0.05, 0) is 59.9 Å². The zero-order valence-corrected chi connectivity index (χ0v) is 18.4. The summed E-state index contributed by atoms with van der Waals surface area (Å²) in [6.07, 6.45) is 0.392. The number of hydrazine groups is 1. The Morgan fingerprint density at radius 1 is 1.00 bits per heavy atom. The van der Waals surface area contributed by atoms with Crippen molar-refractivity contribution in [2.75, 3.05) is 6.61 Å². The number of amides is 2. The van der Waals surface area contributed by atoms with Crippen LogP contribution in [0.3, 0.4) is 0 Å². The maximum Gasteiger partial charge on any atom is 0.429 e. The van der Waals surface area contributed by atoms with Crippen molar-refractivity contribution < 1.29 is 23.8 Å². The highest BCUT2D eigenvalue weighted by Gasteiger charge is 2.41. The van der Waals surface area contributed by atoms with Crippen LogP contribution in [-0.2, 0) is 20.8 Å². The zero-order valence-electron chi connectivity index (χ0n) is 18.4. The van der Waals surface area contributed by atoms with Crippen LogP contribution >= 0.6 is 0 Å². The highest BCUT2D eigenvalue weighted by Crippen LogP contribution is 2.33. The summed E-state index contributed by atoms with van der Waals surface area (Å²) >= 11 is 0. The summed E-state index contributed by atoms with van der Waals surface area (Å²) in [5, 5.41) is 1.26. The smallest absolute Gasteiger partial charge is 0.429 e. The number of nitrogens with zero attached hydrogens (tertiary/aromatic N) is 1. The van der Waals surface area contributed by atoms with Gasteiger partial charge >= 0.3 is 12.2 Å². The molecule has 2 atom stereocenters. The number of rotatable bonds is 5. The molecule has 0 heterocycles. The van der Waals surface area contributed by atoms with Gasteiger partial charge in [0.05, 0.1) is 19.3 Å². The van der Waals surface area contributed by atoms with E-state index >= 15 is 0 Å². The SMILES string of the molecule is CC(C)(C)OC(=O)NN(C(=O)OC(C)(C)C)C1CCC1COCc1ccccc1. The summed E-state index contributed by atoms with van der Waals surface area (Å²) in [7, 11) is 0. The molecule has 1 aromatic carbocycles. The maximum absolute atomic E-state index is 12.7. The van der Waals surface area contributed by atoms with Crippen LogP contribution in [0.4, 0.5) is 9.59 Å². The van der Waals surface area contributed by atoms with Gasteiger partial charge in [0.1, 0.15) is 11.2 Å². The number of ether oxygens (including phenoxy) is 3. The van der Waals surface area contributed by atoms with E-state index in [9.17, 15) is 9.59 Å². The first-order valence-corrected chi connectivity index (χ1v) is 10.1. The van der Waals surface area contributed by atoms with Crippen molar-refractivity contribution in [1.82, 2.24) is 10.4 Å². The second-order valence-electron chi connectivity index (χ2n) is 9.37. The third-order valence-electron chi connectivity index (χ3n) is 4.35. The average molecular weight is 407 g/mol. The molecule has 2 rings (SSSR count). The van der Waals surface area contributed by atoms with Gasteiger partial charge in [-0.15, -0.1) is 0 Å². The summed E-state index contributed by atoms with van der Waals surface area (Å²) in [6.45, 7) is 11.7. The Kier molecular flexibility index (Phi) is 7.52. The van der Waals surface area contributed by atoms with Crippen LogP contribution in [0, 0.1) is 5.92 Å². The highest BCUT2D eigenvalue weighted by atomic mass is 16.6. The summed E-state index contributed by atoms with van der Waals surface area (Å²) in [6, 6.07) is 9.73.